The van der Waals surface area contributed by atoms with Crippen molar-refractivity contribution in [2.24, 2.45) is 5.73 Å². The van der Waals surface area contributed by atoms with Crippen LogP contribution in [0.15, 0.2) is 27.8 Å². The first kappa shape index (κ1) is 13.5. The molecule has 8 heteroatoms. The second-order valence-corrected chi connectivity index (χ2v) is 5.52. The highest BCUT2D eigenvalue weighted by atomic mass is 32.2. The Labute approximate surface area is 110 Å². The first-order valence-electron chi connectivity index (χ1n) is 5.54. The minimum Gasteiger partial charge on any atom is -0.465 e. The number of rotatable bonds is 4. The maximum atomic E-state index is 12.3. The highest BCUT2D eigenvalue weighted by molar-refractivity contribution is 7.92. The fraction of sp³-hybridized carbons (Fsp3) is 0.273. The molecule has 0 aromatic carbocycles. The molecule has 2 heterocycles. The molecule has 3 N–H and O–H groups in total. The highest BCUT2D eigenvalue weighted by Crippen LogP contribution is 2.27. The SMILES string of the molecule is Cc1oc(C)c(S(=O)(=O)Nc2ncccn2)c1CN. The lowest BCUT2D eigenvalue weighted by Gasteiger charge is -2.06. The molecular formula is C11H14N4O3S. The Bertz CT molecular complexity index is 679. The van der Waals surface area contributed by atoms with Crippen LogP contribution in [-0.4, -0.2) is 18.4 Å². The number of anilines is 1. The molecule has 2 aromatic heterocycles. The van der Waals surface area contributed by atoms with Gasteiger partial charge in [0.15, 0.2) is 0 Å². The third-order valence-electron chi connectivity index (χ3n) is 2.59. The van der Waals surface area contributed by atoms with E-state index >= 15 is 0 Å². The van der Waals surface area contributed by atoms with Crippen LogP contribution in [0.2, 0.25) is 0 Å². The molecule has 0 atom stereocenters. The van der Waals surface area contributed by atoms with E-state index in [4.69, 9.17) is 10.2 Å². The van der Waals surface area contributed by atoms with Crippen LogP contribution in [-0.2, 0) is 16.6 Å². The summed E-state index contributed by atoms with van der Waals surface area (Å²) in [7, 11) is -3.81. The van der Waals surface area contributed by atoms with Gasteiger partial charge in [0.25, 0.3) is 10.0 Å². The van der Waals surface area contributed by atoms with Crippen molar-refractivity contribution in [1.82, 2.24) is 9.97 Å². The van der Waals surface area contributed by atoms with Gasteiger partial charge in [-0.15, -0.1) is 0 Å². The van der Waals surface area contributed by atoms with Crippen LogP contribution in [0.1, 0.15) is 17.1 Å². The summed E-state index contributed by atoms with van der Waals surface area (Å²) in [4.78, 5) is 7.69. The molecule has 0 bridgehead atoms. The van der Waals surface area contributed by atoms with Crippen LogP contribution in [0.3, 0.4) is 0 Å². The fourth-order valence-electron chi connectivity index (χ4n) is 1.82. The van der Waals surface area contributed by atoms with Gasteiger partial charge in [0.05, 0.1) is 0 Å². The predicted octanol–water partition coefficient (Wildman–Crippen LogP) is 0.946. The van der Waals surface area contributed by atoms with E-state index < -0.39 is 10.0 Å². The molecule has 0 saturated heterocycles. The number of nitrogens with zero attached hydrogens (tertiary/aromatic N) is 2. The van der Waals surface area contributed by atoms with Crippen LogP contribution in [0.25, 0.3) is 0 Å². The highest BCUT2D eigenvalue weighted by Gasteiger charge is 2.26. The first-order valence-corrected chi connectivity index (χ1v) is 7.03. The van der Waals surface area contributed by atoms with Crippen molar-refractivity contribution >= 4 is 16.0 Å². The van der Waals surface area contributed by atoms with E-state index in [-0.39, 0.29) is 17.4 Å². The van der Waals surface area contributed by atoms with E-state index in [1.165, 1.54) is 12.4 Å². The summed E-state index contributed by atoms with van der Waals surface area (Å²) in [6, 6.07) is 1.59. The second-order valence-electron chi connectivity index (χ2n) is 3.90. The maximum absolute atomic E-state index is 12.3. The smallest absolute Gasteiger partial charge is 0.268 e. The van der Waals surface area contributed by atoms with E-state index in [1.54, 1.807) is 19.9 Å². The summed E-state index contributed by atoms with van der Waals surface area (Å²) in [6.07, 6.45) is 2.89. The van der Waals surface area contributed by atoms with E-state index in [0.29, 0.717) is 17.1 Å². The Morgan fingerprint density at radius 1 is 1.26 bits per heavy atom. The Morgan fingerprint density at radius 3 is 2.47 bits per heavy atom. The monoisotopic (exact) mass is 282 g/mol. The molecule has 0 saturated carbocycles. The van der Waals surface area contributed by atoms with Gasteiger partial charge in [-0.2, -0.15) is 0 Å². The van der Waals surface area contributed by atoms with Crippen molar-refractivity contribution in [3.63, 3.8) is 0 Å². The summed E-state index contributed by atoms with van der Waals surface area (Å²) >= 11 is 0. The van der Waals surface area contributed by atoms with Crippen molar-refractivity contribution in [1.29, 1.82) is 0 Å². The lowest BCUT2D eigenvalue weighted by Crippen LogP contribution is -2.17. The third kappa shape index (κ3) is 2.59. The van der Waals surface area contributed by atoms with Crippen LogP contribution in [0.4, 0.5) is 5.95 Å². The number of nitrogens with two attached hydrogens (primary N) is 1. The molecule has 0 spiro atoms. The lowest BCUT2D eigenvalue weighted by molar-refractivity contribution is 0.494. The minimum atomic E-state index is -3.81. The Morgan fingerprint density at radius 2 is 1.89 bits per heavy atom. The molecule has 0 unspecified atom stereocenters. The summed E-state index contributed by atoms with van der Waals surface area (Å²) in [5.74, 6) is 0.791. The summed E-state index contributed by atoms with van der Waals surface area (Å²) < 4.78 is 32.2. The minimum absolute atomic E-state index is 0.00345. The van der Waals surface area contributed by atoms with Crippen LogP contribution in [0, 0.1) is 13.8 Å². The number of hydrogen-bond donors (Lipinski definition) is 2. The lowest BCUT2D eigenvalue weighted by atomic mass is 10.2. The van der Waals surface area contributed by atoms with Crippen molar-refractivity contribution in [3.05, 3.63) is 35.5 Å². The number of nitrogens with one attached hydrogen (secondary N) is 1. The van der Waals surface area contributed by atoms with Crippen LogP contribution < -0.4 is 10.5 Å². The summed E-state index contributed by atoms with van der Waals surface area (Å²) in [6.45, 7) is 3.33. The zero-order valence-corrected chi connectivity index (χ0v) is 11.4. The Kier molecular flexibility index (Phi) is 3.54. The number of aryl methyl sites for hydroxylation is 2. The number of furan rings is 1. The van der Waals surface area contributed by atoms with Gasteiger partial charge >= 0.3 is 0 Å². The predicted molar refractivity (Wildman–Crippen MR) is 68.9 cm³/mol. The molecule has 0 radical (unpaired) electrons. The number of hydrogen-bond acceptors (Lipinski definition) is 6. The van der Waals surface area contributed by atoms with Crippen molar-refractivity contribution in [2.45, 2.75) is 25.3 Å². The third-order valence-corrected chi connectivity index (χ3v) is 4.11. The van der Waals surface area contributed by atoms with E-state index in [1.807, 2.05) is 0 Å². The zero-order chi connectivity index (χ0) is 14.0. The molecule has 0 aliphatic heterocycles. The second kappa shape index (κ2) is 4.98. The number of sulfonamides is 1. The molecule has 102 valence electrons. The van der Waals surface area contributed by atoms with E-state index in [9.17, 15) is 8.42 Å². The normalized spacial score (nSPS) is 11.5. The van der Waals surface area contributed by atoms with Gasteiger partial charge < -0.3 is 10.2 Å². The maximum Gasteiger partial charge on any atom is 0.268 e. The Hall–Kier alpha value is -1.93. The van der Waals surface area contributed by atoms with Gasteiger partial charge in [0.2, 0.25) is 5.95 Å². The fourth-order valence-corrected chi connectivity index (χ4v) is 3.24. The van der Waals surface area contributed by atoms with E-state index in [0.717, 1.165) is 0 Å². The van der Waals surface area contributed by atoms with E-state index in [2.05, 4.69) is 14.7 Å². The standard InChI is InChI=1S/C11H14N4O3S/c1-7-9(6-12)10(8(2)18-7)19(16,17)15-11-13-4-3-5-14-11/h3-5H,6,12H2,1-2H3,(H,13,14,15). The van der Waals surface area contributed by atoms with Crippen molar-refractivity contribution in [2.75, 3.05) is 4.72 Å². The van der Waals surface area contributed by atoms with Gasteiger partial charge in [0, 0.05) is 24.5 Å². The average Bonchev–Trinajstić information content (AvgIpc) is 2.64. The average molecular weight is 282 g/mol. The zero-order valence-electron chi connectivity index (χ0n) is 10.5. The summed E-state index contributed by atoms with van der Waals surface area (Å²) in [5, 5.41) is 0. The molecule has 2 aromatic rings. The topological polar surface area (TPSA) is 111 Å². The quantitative estimate of drug-likeness (QED) is 0.863. The molecule has 19 heavy (non-hydrogen) atoms. The number of aromatic nitrogens is 2. The first-order chi connectivity index (χ1) is 8.95. The van der Waals surface area contributed by atoms with Crippen molar-refractivity contribution < 1.29 is 12.8 Å². The largest absolute Gasteiger partial charge is 0.465 e. The molecule has 0 amide bonds. The van der Waals surface area contributed by atoms with Gasteiger partial charge in [-0.05, 0) is 19.9 Å². The molecule has 2 rings (SSSR count). The van der Waals surface area contributed by atoms with Gasteiger partial charge in [-0.3, -0.25) is 0 Å². The molecular weight excluding hydrogens is 268 g/mol. The van der Waals surface area contributed by atoms with Crippen molar-refractivity contribution in [3.8, 4) is 0 Å². The molecule has 0 aliphatic carbocycles. The van der Waals surface area contributed by atoms with Crippen LogP contribution >= 0.6 is 0 Å². The molecule has 0 aliphatic rings. The molecule has 0 fully saturated rings. The van der Waals surface area contributed by atoms with Crippen LogP contribution in [0.5, 0.6) is 0 Å². The van der Waals surface area contributed by atoms with Gasteiger partial charge in [0.1, 0.15) is 16.4 Å². The Balaban J connectivity index is 2.46. The summed E-state index contributed by atoms with van der Waals surface area (Å²) in [5.41, 5.74) is 6.03. The molecule has 7 nitrogen and oxygen atoms in total. The van der Waals surface area contributed by atoms with Gasteiger partial charge in [-0.25, -0.2) is 23.1 Å². The van der Waals surface area contributed by atoms with Gasteiger partial charge in [-0.1, -0.05) is 0 Å².